The van der Waals surface area contributed by atoms with Gasteiger partial charge in [0, 0.05) is 12.1 Å². The van der Waals surface area contributed by atoms with Gasteiger partial charge in [-0.1, -0.05) is 60.7 Å². The smallest absolute Gasteiger partial charge is 0.269 e. The molecule has 0 aliphatic carbocycles. The van der Waals surface area contributed by atoms with Crippen LogP contribution < -0.4 is 9.96 Å². The topological polar surface area (TPSA) is 93.0 Å². The predicted octanol–water partition coefficient (Wildman–Crippen LogP) is 4.80. The van der Waals surface area contributed by atoms with Gasteiger partial charge in [0.1, 0.15) is 5.92 Å². The lowest BCUT2D eigenvalue weighted by atomic mass is 9.90. The molecule has 0 bridgehead atoms. The van der Waals surface area contributed by atoms with Crippen LogP contribution in [-0.2, 0) is 14.4 Å². The van der Waals surface area contributed by atoms with Gasteiger partial charge in [0.05, 0.1) is 22.3 Å². The summed E-state index contributed by atoms with van der Waals surface area (Å²) in [7, 11) is 0. The number of benzene rings is 4. The Morgan fingerprint density at radius 3 is 2.14 bits per heavy atom. The number of non-ortho nitro benzene ring substituents is 1. The second-order valence-electron chi connectivity index (χ2n) is 8.55. The molecule has 0 aromatic heterocycles. The van der Waals surface area contributed by atoms with Crippen molar-refractivity contribution < 1.29 is 19.3 Å². The zero-order valence-corrected chi connectivity index (χ0v) is 18.4. The Morgan fingerprint density at radius 2 is 1.43 bits per heavy atom. The van der Waals surface area contributed by atoms with Gasteiger partial charge in [-0.25, -0.2) is 9.96 Å². The van der Waals surface area contributed by atoms with E-state index in [2.05, 4.69) is 0 Å². The highest BCUT2D eigenvalue weighted by Crippen LogP contribution is 2.47. The van der Waals surface area contributed by atoms with Crippen molar-refractivity contribution in [3.8, 4) is 0 Å². The number of hydrogen-bond donors (Lipinski definition) is 0. The van der Waals surface area contributed by atoms with Crippen LogP contribution in [0.2, 0.25) is 0 Å². The first-order chi connectivity index (χ1) is 17.0. The maximum atomic E-state index is 13.8. The molecular weight excluding hydrogens is 446 g/mol. The number of anilines is 2. The highest BCUT2D eigenvalue weighted by Gasteiger charge is 2.60. The summed E-state index contributed by atoms with van der Waals surface area (Å²) in [6.07, 6.45) is -1.01. The number of carbonyl (C=O) groups excluding carboxylic acids is 2. The monoisotopic (exact) mass is 465 g/mol. The Morgan fingerprint density at radius 1 is 0.743 bits per heavy atom. The van der Waals surface area contributed by atoms with Gasteiger partial charge < -0.3 is 0 Å². The summed E-state index contributed by atoms with van der Waals surface area (Å²) in [5.74, 6) is -1.60. The van der Waals surface area contributed by atoms with Crippen LogP contribution in [0.25, 0.3) is 10.8 Å². The van der Waals surface area contributed by atoms with Gasteiger partial charge in [-0.05, 0) is 40.6 Å². The number of rotatable bonds is 4. The van der Waals surface area contributed by atoms with Gasteiger partial charge in [-0.15, -0.1) is 0 Å². The fourth-order valence-corrected chi connectivity index (χ4v) is 4.92. The molecule has 172 valence electrons. The third kappa shape index (κ3) is 3.34. The van der Waals surface area contributed by atoms with E-state index in [9.17, 15) is 19.7 Å². The molecule has 2 heterocycles. The fraction of sp³-hybridized carbons (Fsp3) is 0.111. The van der Waals surface area contributed by atoms with Gasteiger partial charge in [0.25, 0.3) is 11.6 Å². The maximum Gasteiger partial charge on any atom is 0.269 e. The Bertz CT molecular complexity index is 1470. The van der Waals surface area contributed by atoms with Crippen LogP contribution >= 0.6 is 0 Å². The largest absolute Gasteiger partial charge is 0.273 e. The van der Waals surface area contributed by atoms with Crippen molar-refractivity contribution in [3.63, 3.8) is 0 Å². The summed E-state index contributed by atoms with van der Waals surface area (Å²) in [5, 5.41) is 14.7. The molecule has 0 saturated carbocycles. The van der Waals surface area contributed by atoms with E-state index in [0.717, 1.165) is 10.8 Å². The average molecular weight is 465 g/mol. The first-order valence-corrected chi connectivity index (χ1v) is 11.1. The van der Waals surface area contributed by atoms with Crippen molar-refractivity contribution in [3.05, 3.63) is 113 Å². The molecule has 8 heteroatoms. The molecule has 4 aromatic carbocycles. The SMILES string of the molecule is O=C1C2ON(c3ccccc3)C(c3ccc([N+](=O)[O-])cc3)C2C(=O)N1c1ccc2ccccc2c1. The summed E-state index contributed by atoms with van der Waals surface area (Å²) >= 11 is 0. The Kier molecular flexibility index (Phi) is 4.82. The van der Waals surface area contributed by atoms with Crippen molar-refractivity contribution in [1.82, 2.24) is 0 Å². The number of nitrogens with zero attached hydrogens (tertiary/aromatic N) is 3. The molecule has 8 nitrogen and oxygen atoms in total. The molecule has 0 spiro atoms. The van der Waals surface area contributed by atoms with E-state index in [1.54, 1.807) is 23.3 Å². The standard InChI is InChI=1S/C27H19N3O5/c31-26-23-24(18-11-13-21(14-12-18)30(33)34)29(20-8-2-1-3-9-20)35-25(23)27(32)28(26)22-15-10-17-6-4-5-7-19(17)16-22/h1-16,23-25H. The molecule has 0 N–H and O–H groups in total. The number of carbonyl (C=O) groups is 2. The number of para-hydroxylation sites is 1. The highest BCUT2D eigenvalue weighted by molar-refractivity contribution is 6.24. The van der Waals surface area contributed by atoms with Crippen LogP contribution in [0.1, 0.15) is 11.6 Å². The Hall–Kier alpha value is -4.56. The van der Waals surface area contributed by atoms with E-state index in [-0.39, 0.29) is 11.6 Å². The lowest BCUT2D eigenvalue weighted by molar-refractivity contribution is -0.384. The molecule has 3 unspecified atom stereocenters. The molecule has 2 fully saturated rings. The van der Waals surface area contributed by atoms with E-state index in [1.807, 2.05) is 66.7 Å². The molecule has 4 aromatic rings. The zero-order valence-electron chi connectivity index (χ0n) is 18.4. The van der Waals surface area contributed by atoms with Crippen LogP contribution in [0.15, 0.2) is 97.1 Å². The van der Waals surface area contributed by atoms with Crippen molar-refractivity contribution >= 4 is 39.6 Å². The van der Waals surface area contributed by atoms with Gasteiger partial charge in [-0.2, -0.15) is 0 Å². The predicted molar refractivity (Wildman–Crippen MR) is 130 cm³/mol. The van der Waals surface area contributed by atoms with Crippen LogP contribution in [-0.4, -0.2) is 22.8 Å². The minimum absolute atomic E-state index is 0.0536. The third-order valence-corrected chi connectivity index (χ3v) is 6.56. The second-order valence-corrected chi connectivity index (χ2v) is 8.55. The number of fused-ring (bicyclic) bond motifs is 2. The molecule has 6 rings (SSSR count). The van der Waals surface area contributed by atoms with E-state index in [4.69, 9.17) is 4.84 Å². The number of imide groups is 1. The molecule has 35 heavy (non-hydrogen) atoms. The second kappa shape index (κ2) is 8.03. The van der Waals surface area contributed by atoms with Gasteiger partial charge >= 0.3 is 0 Å². The van der Waals surface area contributed by atoms with Crippen molar-refractivity contribution in [2.45, 2.75) is 12.1 Å². The van der Waals surface area contributed by atoms with Crippen molar-refractivity contribution in [1.29, 1.82) is 0 Å². The lowest BCUT2D eigenvalue weighted by Gasteiger charge is -2.28. The number of hydrogen-bond acceptors (Lipinski definition) is 6. The van der Waals surface area contributed by atoms with Crippen LogP contribution in [0.3, 0.4) is 0 Å². The molecule has 2 aliphatic rings. The Labute approximate surface area is 200 Å². The van der Waals surface area contributed by atoms with Crippen molar-refractivity contribution in [2.75, 3.05) is 9.96 Å². The number of nitro groups is 1. The summed E-state index contributed by atoms with van der Waals surface area (Å²) in [6, 6.07) is 27.8. The first kappa shape index (κ1) is 21.0. The highest BCUT2D eigenvalue weighted by atomic mass is 16.7. The normalized spacial score (nSPS) is 21.5. The minimum atomic E-state index is -1.01. The fourth-order valence-electron chi connectivity index (χ4n) is 4.92. The van der Waals surface area contributed by atoms with Gasteiger partial charge in [0.15, 0.2) is 6.10 Å². The van der Waals surface area contributed by atoms with Gasteiger partial charge in [0.2, 0.25) is 5.91 Å². The van der Waals surface area contributed by atoms with E-state index >= 15 is 0 Å². The molecular formula is C27H19N3O5. The minimum Gasteiger partial charge on any atom is -0.273 e. The molecule has 2 saturated heterocycles. The summed E-state index contributed by atoms with van der Waals surface area (Å²) < 4.78 is 0. The van der Waals surface area contributed by atoms with Gasteiger partial charge in [-0.3, -0.25) is 24.5 Å². The number of hydroxylamine groups is 1. The first-order valence-electron chi connectivity index (χ1n) is 11.1. The quantitative estimate of drug-likeness (QED) is 0.244. The molecule has 0 radical (unpaired) electrons. The molecule has 2 aliphatic heterocycles. The third-order valence-electron chi connectivity index (χ3n) is 6.56. The van der Waals surface area contributed by atoms with E-state index < -0.39 is 28.9 Å². The number of amides is 2. The summed E-state index contributed by atoms with van der Waals surface area (Å²) in [4.78, 5) is 45.3. The Balaban J connectivity index is 1.42. The van der Waals surface area contributed by atoms with E-state index in [0.29, 0.717) is 16.9 Å². The molecule has 3 atom stereocenters. The van der Waals surface area contributed by atoms with Crippen LogP contribution in [0.5, 0.6) is 0 Å². The zero-order chi connectivity index (χ0) is 24.1. The maximum absolute atomic E-state index is 13.8. The van der Waals surface area contributed by atoms with Crippen LogP contribution in [0, 0.1) is 16.0 Å². The van der Waals surface area contributed by atoms with Crippen molar-refractivity contribution in [2.24, 2.45) is 5.92 Å². The van der Waals surface area contributed by atoms with E-state index in [1.165, 1.54) is 17.0 Å². The molecule has 2 amide bonds. The number of nitro benzene ring substituents is 1. The average Bonchev–Trinajstić information content (AvgIpc) is 3.40. The lowest BCUT2D eigenvalue weighted by Crippen LogP contribution is -2.37. The summed E-state index contributed by atoms with van der Waals surface area (Å²) in [5.41, 5.74) is 1.77. The summed E-state index contributed by atoms with van der Waals surface area (Å²) in [6.45, 7) is 0. The van der Waals surface area contributed by atoms with Crippen LogP contribution in [0.4, 0.5) is 17.1 Å².